The molecule has 0 unspecified atom stereocenters. The maximum atomic E-state index is 13.4. The van der Waals surface area contributed by atoms with Crippen LogP contribution in [0.1, 0.15) is 0 Å². The van der Waals surface area contributed by atoms with Crippen molar-refractivity contribution in [2.24, 2.45) is 0 Å². The van der Waals surface area contributed by atoms with Gasteiger partial charge in [-0.3, -0.25) is 0 Å². The Balaban J connectivity index is 1.85. The van der Waals surface area contributed by atoms with Crippen molar-refractivity contribution in [1.29, 1.82) is 0 Å². The van der Waals surface area contributed by atoms with E-state index in [2.05, 4.69) is 0 Å². The van der Waals surface area contributed by atoms with E-state index in [4.69, 9.17) is 10.5 Å². The molecule has 5 heteroatoms. The van der Waals surface area contributed by atoms with Crippen molar-refractivity contribution in [1.82, 2.24) is 0 Å². The first-order chi connectivity index (χ1) is 9.16. The second-order valence-electron chi connectivity index (χ2n) is 3.81. The Kier molecular flexibility index (Phi) is 4.63. The van der Waals surface area contributed by atoms with Gasteiger partial charge in [0.05, 0.1) is 12.3 Å². The minimum absolute atomic E-state index is 0.111. The summed E-state index contributed by atoms with van der Waals surface area (Å²) in [5.41, 5.74) is 5.03. The van der Waals surface area contributed by atoms with Gasteiger partial charge in [-0.15, -0.1) is 11.8 Å². The van der Waals surface area contributed by atoms with Crippen LogP contribution < -0.4 is 10.5 Å². The van der Waals surface area contributed by atoms with Gasteiger partial charge in [0.2, 0.25) is 0 Å². The SMILES string of the molecule is Nc1cc(F)c(OCCSc2ccccc2)cc1F. The van der Waals surface area contributed by atoms with Gasteiger partial charge in [-0.25, -0.2) is 8.78 Å². The average Bonchev–Trinajstić information content (AvgIpc) is 2.41. The maximum absolute atomic E-state index is 13.4. The number of nitrogens with two attached hydrogens (primary N) is 1. The van der Waals surface area contributed by atoms with Crippen molar-refractivity contribution < 1.29 is 13.5 Å². The zero-order valence-corrected chi connectivity index (χ0v) is 10.9. The van der Waals surface area contributed by atoms with E-state index in [1.807, 2.05) is 30.3 Å². The minimum Gasteiger partial charge on any atom is -0.490 e. The highest BCUT2D eigenvalue weighted by Crippen LogP contribution is 2.23. The largest absolute Gasteiger partial charge is 0.490 e. The fourth-order valence-corrected chi connectivity index (χ4v) is 2.23. The molecule has 0 atom stereocenters. The lowest BCUT2D eigenvalue weighted by atomic mass is 10.3. The van der Waals surface area contributed by atoms with E-state index >= 15 is 0 Å². The second kappa shape index (κ2) is 6.43. The summed E-state index contributed by atoms with van der Waals surface area (Å²) >= 11 is 1.59. The smallest absolute Gasteiger partial charge is 0.167 e. The third kappa shape index (κ3) is 3.86. The summed E-state index contributed by atoms with van der Waals surface area (Å²) in [5.74, 6) is -0.786. The molecule has 0 aromatic heterocycles. The summed E-state index contributed by atoms with van der Waals surface area (Å²) in [4.78, 5) is 1.11. The van der Waals surface area contributed by atoms with E-state index in [0.29, 0.717) is 12.4 Å². The van der Waals surface area contributed by atoms with Crippen LogP contribution in [-0.4, -0.2) is 12.4 Å². The van der Waals surface area contributed by atoms with Gasteiger partial charge in [0.1, 0.15) is 5.82 Å². The molecule has 0 bridgehead atoms. The fraction of sp³-hybridized carbons (Fsp3) is 0.143. The molecule has 2 N–H and O–H groups in total. The van der Waals surface area contributed by atoms with Gasteiger partial charge in [0, 0.05) is 22.8 Å². The molecular formula is C14H13F2NOS. The molecule has 100 valence electrons. The Labute approximate surface area is 114 Å². The van der Waals surface area contributed by atoms with Gasteiger partial charge in [-0.05, 0) is 12.1 Å². The van der Waals surface area contributed by atoms with Crippen molar-refractivity contribution in [3.8, 4) is 5.75 Å². The van der Waals surface area contributed by atoms with Crippen LogP contribution in [0.2, 0.25) is 0 Å². The van der Waals surface area contributed by atoms with E-state index in [0.717, 1.165) is 17.0 Å². The highest BCUT2D eigenvalue weighted by molar-refractivity contribution is 7.99. The van der Waals surface area contributed by atoms with Crippen LogP contribution in [0, 0.1) is 11.6 Å². The number of benzene rings is 2. The molecule has 0 fully saturated rings. The van der Waals surface area contributed by atoms with Crippen LogP contribution in [0.15, 0.2) is 47.4 Å². The number of hydrogen-bond donors (Lipinski definition) is 1. The van der Waals surface area contributed by atoms with Crippen molar-refractivity contribution in [3.63, 3.8) is 0 Å². The standard InChI is InChI=1S/C14H13F2NOS/c15-11-9-14(12(16)8-13(11)17)18-6-7-19-10-4-2-1-3-5-10/h1-5,8-9H,6-7,17H2. The highest BCUT2D eigenvalue weighted by Gasteiger charge is 2.08. The predicted octanol–water partition coefficient (Wildman–Crippen LogP) is 3.72. The van der Waals surface area contributed by atoms with E-state index in [9.17, 15) is 8.78 Å². The van der Waals surface area contributed by atoms with Gasteiger partial charge in [0.25, 0.3) is 0 Å². The molecule has 0 aliphatic rings. The average molecular weight is 281 g/mol. The molecule has 0 aliphatic carbocycles. The third-order valence-electron chi connectivity index (χ3n) is 2.40. The molecule has 0 amide bonds. The Morgan fingerprint density at radius 3 is 2.53 bits per heavy atom. The quantitative estimate of drug-likeness (QED) is 0.515. The third-order valence-corrected chi connectivity index (χ3v) is 3.38. The Morgan fingerprint density at radius 1 is 1.05 bits per heavy atom. The molecule has 0 radical (unpaired) electrons. The van der Waals surface area contributed by atoms with Crippen molar-refractivity contribution in [3.05, 3.63) is 54.1 Å². The molecule has 0 saturated carbocycles. The van der Waals surface area contributed by atoms with Gasteiger partial charge in [-0.2, -0.15) is 0 Å². The zero-order valence-electron chi connectivity index (χ0n) is 10.1. The van der Waals surface area contributed by atoms with Crippen LogP contribution in [0.25, 0.3) is 0 Å². The van der Waals surface area contributed by atoms with Gasteiger partial charge < -0.3 is 10.5 Å². The monoisotopic (exact) mass is 281 g/mol. The number of hydrogen-bond acceptors (Lipinski definition) is 3. The molecule has 2 aromatic rings. The number of thioether (sulfide) groups is 1. The zero-order chi connectivity index (χ0) is 13.7. The molecule has 0 heterocycles. The summed E-state index contributed by atoms with van der Waals surface area (Å²) in [6.45, 7) is 0.292. The van der Waals surface area contributed by atoms with Gasteiger partial charge in [0.15, 0.2) is 11.6 Å². The summed E-state index contributed by atoms with van der Waals surface area (Å²) < 4.78 is 31.8. The molecular weight excluding hydrogens is 268 g/mol. The summed E-state index contributed by atoms with van der Waals surface area (Å²) in [6, 6.07) is 11.7. The predicted molar refractivity (Wildman–Crippen MR) is 73.4 cm³/mol. The lowest BCUT2D eigenvalue weighted by molar-refractivity contribution is 0.323. The van der Waals surface area contributed by atoms with Gasteiger partial charge >= 0.3 is 0 Å². The summed E-state index contributed by atoms with van der Waals surface area (Å²) in [6.07, 6.45) is 0. The first kappa shape index (κ1) is 13.7. The Hall–Kier alpha value is -1.75. The van der Waals surface area contributed by atoms with E-state index in [-0.39, 0.29) is 11.4 Å². The van der Waals surface area contributed by atoms with Crippen LogP contribution in [0.5, 0.6) is 5.75 Å². The Morgan fingerprint density at radius 2 is 1.79 bits per heavy atom. The Bertz CT molecular complexity index is 549. The number of halogens is 2. The van der Waals surface area contributed by atoms with Crippen LogP contribution in [0.3, 0.4) is 0 Å². The first-order valence-corrected chi connectivity index (χ1v) is 6.70. The number of rotatable bonds is 5. The van der Waals surface area contributed by atoms with E-state index in [1.165, 1.54) is 0 Å². The van der Waals surface area contributed by atoms with E-state index in [1.54, 1.807) is 11.8 Å². The first-order valence-electron chi connectivity index (χ1n) is 5.72. The fourth-order valence-electron chi connectivity index (χ4n) is 1.48. The van der Waals surface area contributed by atoms with Crippen LogP contribution in [0.4, 0.5) is 14.5 Å². The normalized spacial score (nSPS) is 10.4. The molecule has 0 aliphatic heterocycles. The second-order valence-corrected chi connectivity index (χ2v) is 4.98. The molecule has 0 saturated heterocycles. The molecule has 2 aromatic carbocycles. The topological polar surface area (TPSA) is 35.2 Å². The summed E-state index contributed by atoms with van der Waals surface area (Å²) in [7, 11) is 0. The molecule has 0 spiro atoms. The summed E-state index contributed by atoms with van der Waals surface area (Å²) in [5, 5.41) is 0. The molecule has 2 nitrogen and oxygen atoms in total. The molecule has 2 rings (SSSR count). The minimum atomic E-state index is -0.674. The highest BCUT2D eigenvalue weighted by atomic mass is 32.2. The number of anilines is 1. The van der Waals surface area contributed by atoms with Crippen molar-refractivity contribution >= 4 is 17.4 Å². The lowest BCUT2D eigenvalue weighted by Crippen LogP contribution is -2.03. The lowest BCUT2D eigenvalue weighted by Gasteiger charge is -2.08. The number of ether oxygens (including phenoxy) is 1. The maximum Gasteiger partial charge on any atom is 0.167 e. The van der Waals surface area contributed by atoms with Crippen LogP contribution in [-0.2, 0) is 0 Å². The number of nitrogen functional groups attached to an aromatic ring is 1. The van der Waals surface area contributed by atoms with Gasteiger partial charge in [-0.1, -0.05) is 18.2 Å². The van der Waals surface area contributed by atoms with Crippen molar-refractivity contribution in [2.75, 3.05) is 18.1 Å². The van der Waals surface area contributed by atoms with Crippen molar-refractivity contribution in [2.45, 2.75) is 4.90 Å². The van der Waals surface area contributed by atoms with E-state index < -0.39 is 11.6 Å². The molecule has 19 heavy (non-hydrogen) atoms. The van der Waals surface area contributed by atoms with Crippen LogP contribution >= 0.6 is 11.8 Å².